The van der Waals surface area contributed by atoms with E-state index in [1.54, 1.807) is 0 Å². The summed E-state index contributed by atoms with van der Waals surface area (Å²) in [4.78, 5) is 59.7. The number of carboxylic acid groups (broad SMARTS) is 9. The molecule has 0 heterocycles. The van der Waals surface area contributed by atoms with Gasteiger partial charge in [-0.05, 0) is 18.5 Å². The Hall–Kier alpha value is -3.44. The molecule has 0 aromatic rings. The Morgan fingerprint density at radius 1 is 0.448 bits per heavy atom. The largest absolute Gasteiger partial charge is 3.00 e. The fraction of sp³-hybridized carbons (Fsp3) is 0. The van der Waals surface area contributed by atoms with Crippen LogP contribution in [0.2, 0.25) is 0 Å². The van der Waals surface area contributed by atoms with Crippen LogP contribution in [0.25, 0.3) is 0 Å². The first-order valence-corrected chi connectivity index (χ1v) is 4.28. The van der Waals surface area contributed by atoms with Crippen molar-refractivity contribution in [1.82, 2.24) is 0 Å². The maximum atomic E-state index is 8.90. The van der Waals surface area contributed by atoms with Crippen molar-refractivity contribution >= 4 is 71.7 Å². The van der Waals surface area contributed by atoms with Crippen molar-refractivity contribution in [3.63, 3.8) is 0 Å². The van der Waals surface area contributed by atoms with E-state index in [9.17, 15) is 0 Å². The van der Waals surface area contributed by atoms with Gasteiger partial charge in [0.2, 0.25) is 0 Å². The molecule has 0 saturated carbocycles. The molecule has 0 atom stereocenters. The van der Waals surface area contributed by atoms with Gasteiger partial charge in [0.15, 0.2) is 0 Å². The van der Waals surface area contributed by atoms with Crippen molar-refractivity contribution in [2.24, 2.45) is 0 Å². The third-order valence-corrected chi connectivity index (χ3v) is 0.234. The van der Waals surface area contributed by atoms with Gasteiger partial charge in [-0.15, -0.1) is 0 Å². The van der Waals surface area contributed by atoms with E-state index in [0.29, 0.717) is 0 Å². The van der Waals surface area contributed by atoms with Crippen molar-refractivity contribution in [2.45, 2.75) is 0 Å². The second-order valence-electron chi connectivity index (χ2n) is 1.82. The molecule has 162 valence electrons. The minimum Gasteiger partial charge on any atom is -0.652 e. The predicted molar refractivity (Wildman–Crippen MR) is 62.9 cm³/mol. The summed E-state index contributed by atoms with van der Waals surface area (Å²) < 4.78 is 0. The summed E-state index contributed by atoms with van der Waals surface area (Å²) >= 11 is 0. The summed E-state index contributed by atoms with van der Waals surface area (Å²) in [5, 5.41) is 92.9. The molecule has 21 nitrogen and oxygen atoms in total. The van der Waals surface area contributed by atoms with Crippen LogP contribution < -0.4 is 30.6 Å². The van der Waals surface area contributed by atoms with Crippen LogP contribution in [-0.2, 0) is 14.7 Å². The predicted octanol–water partition coefficient (Wildman–Crippen LogP) is -7.64. The van der Waals surface area contributed by atoms with E-state index in [0.717, 1.165) is 0 Å². The number of hydrogen-bond acceptors (Lipinski definition) is 18. The van der Waals surface area contributed by atoms with Crippen LogP contribution in [0.5, 0.6) is 0 Å². The molecule has 0 aliphatic rings. The van der Waals surface area contributed by atoms with E-state index in [1.165, 1.54) is 0 Å². The Balaban J connectivity index is -0.0000000301. The summed E-state index contributed by atoms with van der Waals surface area (Å²) in [6, 6.07) is 0. The zero-order valence-electron chi connectivity index (χ0n) is 13.0. The van der Waals surface area contributed by atoms with E-state index < -0.39 is 36.9 Å². The van der Waals surface area contributed by atoms with E-state index in [4.69, 9.17) is 90.5 Å². The second kappa shape index (κ2) is 44.2. The van der Waals surface area contributed by atoms with Gasteiger partial charge >= 0.3 is 53.2 Å². The zero-order chi connectivity index (χ0) is 23.6. The normalized spacial score (nSPS) is 5.90. The van der Waals surface area contributed by atoms with Crippen molar-refractivity contribution in [1.29, 1.82) is 0 Å². The summed E-state index contributed by atoms with van der Waals surface area (Å²) in [5.41, 5.74) is 0. The SMILES string of the molecule is O=C(O)OO.O=C(O)OO.O=C(O)OO.O=C([O-])[O-].O=C([O-])[O-].O=C([O-])[O-].[Al+3].[Al+3]. The van der Waals surface area contributed by atoms with Gasteiger partial charge in [0.05, 0.1) is 0 Å². The van der Waals surface area contributed by atoms with Crippen LogP contribution in [0.15, 0.2) is 0 Å². The molecule has 0 aliphatic carbocycles. The van der Waals surface area contributed by atoms with E-state index in [-0.39, 0.29) is 34.7 Å². The van der Waals surface area contributed by atoms with Gasteiger partial charge in [0.1, 0.15) is 0 Å². The Morgan fingerprint density at radius 2 is 0.483 bits per heavy atom. The Kier molecular flexibility index (Phi) is 76.2. The monoisotopic (exact) mass is 468 g/mol. The van der Waals surface area contributed by atoms with Gasteiger partial charge in [0.25, 0.3) is 0 Å². The van der Waals surface area contributed by atoms with E-state index >= 15 is 0 Å². The van der Waals surface area contributed by atoms with E-state index in [2.05, 4.69) is 14.7 Å². The third-order valence-electron chi connectivity index (χ3n) is 0.234. The van der Waals surface area contributed by atoms with Crippen molar-refractivity contribution in [3.8, 4) is 0 Å². The minimum atomic E-state index is -2.33. The van der Waals surface area contributed by atoms with Gasteiger partial charge in [-0.3, -0.25) is 14.7 Å². The first-order chi connectivity index (χ1) is 12.0. The first-order valence-electron chi connectivity index (χ1n) is 4.28. The standard InChI is InChI=1S/3CH2O4.3CH2O3.2Al/c3*2-1(3)5-4;3*2-1(3)4;;/h3*4H,(H,2,3);3*(H2,2,3,4);;/q;;;;;;2*+3/p-6. The molecule has 0 rings (SSSR count). The smallest absolute Gasteiger partial charge is 0.652 e. The van der Waals surface area contributed by atoms with Crippen LogP contribution in [-0.4, -0.2) is 103 Å². The summed E-state index contributed by atoms with van der Waals surface area (Å²) in [6.45, 7) is 0. The van der Waals surface area contributed by atoms with Crippen LogP contribution in [0.4, 0.5) is 28.8 Å². The number of rotatable bonds is 0. The van der Waals surface area contributed by atoms with Crippen LogP contribution >= 0.6 is 0 Å². The maximum Gasteiger partial charge on any atom is 3.00 e. The Morgan fingerprint density at radius 3 is 0.483 bits per heavy atom. The molecule has 0 unspecified atom stereocenters. The molecule has 0 saturated heterocycles. The van der Waals surface area contributed by atoms with Crippen molar-refractivity contribution in [2.75, 3.05) is 0 Å². The maximum absolute atomic E-state index is 8.90. The van der Waals surface area contributed by atoms with Gasteiger partial charge < -0.3 is 60.3 Å². The fourth-order valence-corrected chi connectivity index (χ4v) is 0. The van der Waals surface area contributed by atoms with Crippen molar-refractivity contribution in [3.05, 3.63) is 0 Å². The van der Waals surface area contributed by atoms with Crippen molar-refractivity contribution < 1.29 is 105 Å². The zero-order valence-corrected chi connectivity index (χ0v) is 15.3. The van der Waals surface area contributed by atoms with Gasteiger partial charge in [-0.2, -0.15) is 15.8 Å². The summed E-state index contributed by atoms with van der Waals surface area (Å²) in [6.07, 6.45) is -12.1. The topological polar surface area (TPSA) is 390 Å². The molecule has 6 N–H and O–H groups in total. The molecule has 29 heavy (non-hydrogen) atoms. The molecule has 23 heteroatoms. The Bertz CT molecular complexity index is 346. The molecule has 0 radical (unpaired) electrons. The Labute approximate surface area is 177 Å². The molecule has 0 aromatic carbocycles. The molecule has 0 aromatic heterocycles. The van der Waals surface area contributed by atoms with Gasteiger partial charge in [-0.1, -0.05) is 0 Å². The summed E-state index contributed by atoms with van der Waals surface area (Å²) in [7, 11) is 0. The molecule has 0 bridgehead atoms. The molecular weight excluding hydrogens is 462 g/mol. The number of carbonyl (C=O) groups excluding carboxylic acids is 3. The number of carbonyl (C=O) groups is 6. The molecular formula is C6H6Al2O21. The van der Waals surface area contributed by atoms with Crippen LogP contribution in [0, 0.1) is 0 Å². The van der Waals surface area contributed by atoms with Crippen LogP contribution in [0.3, 0.4) is 0 Å². The molecule has 0 aliphatic heterocycles. The third kappa shape index (κ3) is 1900. The van der Waals surface area contributed by atoms with Crippen LogP contribution in [0.1, 0.15) is 0 Å². The van der Waals surface area contributed by atoms with Gasteiger partial charge in [-0.25, -0.2) is 14.4 Å². The first kappa shape index (κ1) is 50.0. The van der Waals surface area contributed by atoms with Gasteiger partial charge in [0, 0.05) is 0 Å². The second-order valence-corrected chi connectivity index (χ2v) is 1.82. The van der Waals surface area contributed by atoms with E-state index in [1.807, 2.05) is 0 Å². The average Bonchev–Trinajstić information content (AvgIpc) is 2.46. The molecule has 0 amide bonds. The molecule has 0 spiro atoms. The average molecular weight is 468 g/mol. The fourth-order valence-electron chi connectivity index (χ4n) is 0. The minimum absolute atomic E-state index is 0. The number of hydrogen-bond donors (Lipinski definition) is 6. The quantitative estimate of drug-likeness (QED) is 0.0831. The molecule has 0 fully saturated rings. The summed E-state index contributed by atoms with van der Waals surface area (Å²) in [5.74, 6) is 0.